The summed E-state index contributed by atoms with van der Waals surface area (Å²) in [6.45, 7) is 0.537. The molecule has 1 fully saturated rings. The van der Waals surface area contributed by atoms with Crippen LogP contribution < -0.4 is 10.2 Å². The van der Waals surface area contributed by atoms with Crippen LogP contribution in [0.15, 0.2) is 47.4 Å². The quantitative estimate of drug-likeness (QED) is 0.649. The van der Waals surface area contributed by atoms with Crippen LogP contribution in [0.25, 0.3) is 11.0 Å². The highest BCUT2D eigenvalue weighted by atomic mass is 32.2. The zero-order valence-electron chi connectivity index (χ0n) is 16.8. The molecule has 1 N–H and O–H groups in total. The molecule has 4 rings (SSSR count). The summed E-state index contributed by atoms with van der Waals surface area (Å²) in [6.07, 6.45) is 1.28. The van der Waals surface area contributed by atoms with E-state index in [9.17, 15) is 13.2 Å². The van der Waals surface area contributed by atoms with Crippen molar-refractivity contribution in [1.29, 1.82) is 0 Å². The maximum Gasteiger partial charge on any atom is 0.245 e. The van der Waals surface area contributed by atoms with Gasteiger partial charge in [0.15, 0.2) is 0 Å². The van der Waals surface area contributed by atoms with E-state index in [1.807, 2.05) is 43.3 Å². The SMILES string of the molecule is CN(C)c1ccc(NC(=O)C2CCCN(S(=O)(=O)c3cccc4nsnc34)C2)cc1. The monoisotopic (exact) mass is 445 g/mol. The molecule has 0 saturated carbocycles. The fourth-order valence-electron chi connectivity index (χ4n) is 3.59. The van der Waals surface area contributed by atoms with Gasteiger partial charge in [-0.2, -0.15) is 13.1 Å². The zero-order valence-corrected chi connectivity index (χ0v) is 18.4. The van der Waals surface area contributed by atoms with Crippen LogP contribution in [0.1, 0.15) is 12.8 Å². The van der Waals surface area contributed by atoms with Crippen LogP contribution in [-0.2, 0) is 14.8 Å². The molecule has 158 valence electrons. The molecule has 0 aliphatic carbocycles. The molecular weight excluding hydrogens is 422 g/mol. The molecule has 1 aromatic heterocycles. The molecule has 1 atom stereocenters. The molecule has 1 unspecified atom stereocenters. The van der Waals surface area contributed by atoms with Gasteiger partial charge in [-0.05, 0) is 49.2 Å². The number of rotatable bonds is 5. The molecule has 1 aliphatic rings. The van der Waals surface area contributed by atoms with E-state index in [1.54, 1.807) is 18.2 Å². The van der Waals surface area contributed by atoms with Crippen LogP contribution in [0.3, 0.4) is 0 Å². The Labute approximate surface area is 179 Å². The topological polar surface area (TPSA) is 95.5 Å². The Morgan fingerprint density at radius 3 is 2.67 bits per heavy atom. The van der Waals surface area contributed by atoms with Gasteiger partial charge in [0.2, 0.25) is 15.9 Å². The van der Waals surface area contributed by atoms with Crippen molar-refractivity contribution in [3.8, 4) is 0 Å². The van der Waals surface area contributed by atoms with Crippen molar-refractivity contribution in [2.75, 3.05) is 37.4 Å². The summed E-state index contributed by atoms with van der Waals surface area (Å²) < 4.78 is 36.2. The van der Waals surface area contributed by atoms with E-state index in [0.29, 0.717) is 36.1 Å². The second-order valence-corrected chi connectivity index (χ2v) is 9.96. The molecule has 1 amide bonds. The lowest BCUT2D eigenvalue weighted by Gasteiger charge is -2.31. The average Bonchev–Trinajstić information content (AvgIpc) is 3.23. The number of amides is 1. The van der Waals surface area contributed by atoms with Gasteiger partial charge in [0.25, 0.3) is 0 Å². The summed E-state index contributed by atoms with van der Waals surface area (Å²) in [4.78, 5) is 14.9. The van der Waals surface area contributed by atoms with Crippen LogP contribution in [0.5, 0.6) is 0 Å². The van der Waals surface area contributed by atoms with Crippen molar-refractivity contribution in [1.82, 2.24) is 13.1 Å². The smallest absolute Gasteiger partial charge is 0.245 e. The predicted molar refractivity (Wildman–Crippen MR) is 118 cm³/mol. The van der Waals surface area contributed by atoms with Gasteiger partial charge < -0.3 is 10.2 Å². The largest absolute Gasteiger partial charge is 0.378 e. The minimum atomic E-state index is -3.76. The van der Waals surface area contributed by atoms with Crippen LogP contribution in [0.4, 0.5) is 11.4 Å². The fraction of sp³-hybridized carbons (Fsp3) is 0.350. The first-order chi connectivity index (χ1) is 14.4. The van der Waals surface area contributed by atoms with Gasteiger partial charge in [-0.3, -0.25) is 4.79 Å². The lowest BCUT2D eigenvalue weighted by Crippen LogP contribution is -2.43. The molecule has 3 aromatic rings. The molecule has 0 radical (unpaired) electrons. The van der Waals surface area contributed by atoms with Crippen molar-refractivity contribution < 1.29 is 13.2 Å². The maximum atomic E-state index is 13.3. The Morgan fingerprint density at radius 1 is 1.17 bits per heavy atom. The van der Waals surface area contributed by atoms with Crippen LogP contribution in [0, 0.1) is 5.92 Å². The second-order valence-electron chi connectivity index (χ2n) is 7.52. The summed E-state index contributed by atoms with van der Waals surface area (Å²) >= 11 is 0.989. The number of sulfonamides is 1. The zero-order chi connectivity index (χ0) is 21.3. The van der Waals surface area contributed by atoms with E-state index in [-0.39, 0.29) is 17.3 Å². The van der Waals surface area contributed by atoms with Gasteiger partial charge >= 0.3 is 0 Å². The molecule has 10 heteroatoms. The van der Waals surface area contributed by atoms with Crippen molar-refractivity contribution in [3.05, 3.63) is 42.5 Å². The van der Waals surface area contributed by atoms with Crippen LogP contribution in [-0.4, -0.2) is 54.6 Å². The third kappa shape index (κ3) is 4.03. The maximum absolute atomic E-state index is 13.3. The van der Waals surface area contributed by atoms with E-state index in [4.69, 9.17) is 0 Å². The Kier molecular flexibility index (Phi) is 5.72. The fourth-order valence-corrected chi connectivity index (χ4v) is 5.87. The first-order valence-electron chi connectivity index (χ1n) is 9.66. The number of aromatic nitrogens is 2. The molecule has 2 aromatic carbocycles. The van der Waals surface area contributed by atoms with Gasteiger partial charge in [-0.15, -0.1) is 0 Å². The van der Waals surface area contributed by atoms with Gasteiger partial charge in [-0.1, -0.05) is 6.07 Å². The normalized spacial score (nSPS) is 17.7. The minimum absolute atomic E-state index is 0.147. The summed E-state index contributed by atoms with van der Waals surface area (Å²) in [7, 11) is 0.141. The van der Waals surface area contributed by atoms with Crippen molar-refractivity contribution in [2.24, 2.45) is 5.92 Å². The predicted octanol–water partition coefficient (Wildman–Crippen LogP) is 2.80. The number of carbonyl (C=O) groups is 1. The van der Waals surface area contributed by atoms with Gasteiger partial charge in [-0.25, -0.2) is 8.42 Å². The number of nitrogens with one attached hydrogen (secondary N) is 1. The van der Waals surface area contributed by atoms with E-state index < -0.39 is 15.9 Å². The highest BCUT2D eigenvalue weighted by Gasteiger charge is 2.34. The van der Waals surface area contributed by atoms with Crippen LogP contribution >= 0.6 is 11.7 Å². The molecule has 1 saturated heterocycles. The van der Waals surface area contributed by atoms with E-state index in [2.05, 4.69) is 14.1 Å². The standard InChI is InChI=1S/C20H23N5O3S2/c1-24(2)16-10-8-15(9-11-16)21-20(26)14-5-4-12-25(13-14)30(27,28)18-7-3-6-17-19(18)23-29-22-17/h3,6-11,14H,4-5,12-13H2,1-2H3,(H,21,26). The van der Waals surface area contributed by atoms with E-state index in [1.165, 1.54) is 4.31 Å². The summed E-state index contributed by atoms with van der Waals surface area (Å²) in [5.41, 5.74) is 2.68. The summed E-state index contributed by atoms with van der Waals surface area (Å²) in [6, 6.07) is 12.5. The highest BCUT2D eigenvalue weighted by molar-refractivity contribution is 7.89. The molecular formula is C20H23N5O3S2. The third-order valence-corrected chi connectivity index (χ3v) is 7.71. The Morgan fingerprint density at radius 2 is 1.93 bits per heavy atom. The Hall–Kier alpha value is -2.56. The van der Waals surface area contributed by atoms with Gasteiger partial charge in [0, 0.05) is 38.6 Å². The Bertz CT molecular complexity index is 1160. The third-order valence-electron chi connectivity index (χ3n) is 5.27. The first-order valence-corrected chi connectivity index (χ1v) is 11.8. The molecule has 2 heterocycles. The average molecular weight is 446 g/mol. The van der Waals surface area contributed by atoms with Crippen molar-refractivity contribution >= 4 is 50.1 Å². The number of hydrogen-bond acceptors (Lipinski definition) is 7. The number of fused-ring (bicyclic) bond motifs is 1. The minimum Gasteiger partial charge on any atom is -0.378 e. The number of carbonyl (C=O) groups excluding carboxylic acids is 1. The van der Waals surface area contributed by atoms with Gasteiger partial charge in [0.1, 0.15) is 15.9 Å². The van der Waals surface area contributed by atoms with Crippen molar-refractivity contribution in [2.45, 2.75) is 17.7 Å². The molecule has 0 spiro atoms. The van der Waals surface area contributed by atoms with E-state index >= 15 is 0 Å². The second kappa shape index (κ2) is 8.29. The number of piperidine rings is 1. The molecule has 0 bridgehead atoms. The number of hydrogen-bond donors (Lipinski definition) is 1. The molecule has 8 nitrogen and oxygen atoms in total. The highest BCUT2D eigenvalue weighted by Crippen LogP contribution is 2.28. The Balaban J connectivity index is 1.50. The lowest BCUT2D eigenvalue weighted by molar-refractivity contribution is -0.120. The van der Waals surface area contributed by atoms with Gasteiger partial charge in [0.05, 0.1) is 17.6 Å². The van der Waals surface area contributed by atoms with Crippen molar-refractivity contribution in [3.63, 3.8) is 0 Å². The first kappa shape index (κ1) is 20.7. The summed E-state index contributed by atoms with van der Waals surface area (Å²) in [5.74, 6) is -0.573. The molecule has 30 heavy (non-hydrogen) atoms. The van der Waals surface area contributed by atoms with E-state index in [0.717, 1.165) is 17.4 Å². The number of anilines is 2. The van der Waals surface area contributed by atoms with Crippen LogP contribution in [0.2, 0.25) is 0 Å². The summed E-state index contributed by atoms with van der Waals surface area (Å²) in [5, 5.41) is 2.92. The lowest BCUT2D eigenvalue weighted by atomic mass is 9.98. The molecule has 1 aliphatic heterocycles. The number of nitrogens with zero attached hydrogens (tertiary/aromatic N) is 4. The number of benzene rings is 2.